The molecule has 136 valence electrons. The van der Waals surface area contributed by atoms with Crippen LogP contribution in [0.15, 0.2) is 82.6 Å². The van der Waals surface area contributed by atoms with Crippen molar-refractivity contribution in [2.24, 2.45) is 0 Å². The van der Waals surface area contributed by atoms with Crippen molar-refractivity contribution in [1.29, 1.82) is 0 Å². The van der Waals surface area contributed by atoms with Gasteiger partial charge in [-0.1, -0.05) is 53.7 Å². The lowest BCUT2D eigenvalue weighted by Gasteiger charge is -2.11. The minimum absolute atomic E-state index is 0.141. The molecule has 7 heteroatoms. The number of halogens is 2. The van der Waals surface area contributed by atoms with E-state index >= 15 is 0 Å². The van der Waals surface area contributed by atoms with E-state index in [9.17, 15) is 14.0 Å². The molecule has 4 nitrogen and oxygen atoms in total. The first-order valence-corrected chi connectivity index (χ1v) is 9.11. The summed E-state index contributed by atoms with van der Waals surface area (Å²) in [6, 6.07) is 20.5. The lowest BCUT2D eigenvalue weighted by Crippen LogP contribution is -2.29. The van der Waals surface area contributed by atoms with Gasteiger partial charge in [-0.05, 0) is 42.5 Å². The molecule has 27 heavy (non-hydrogen) atoms. The highest BCUT2D eigenvalue weighted by atomic mass is 35.5. The first kappa shape index (κ1) is 18.9. The monoisotopic (exact) mass is 400 g/mol. The third-order valence-electron chi connectivity index (χ3n) is 3.49. The zero-order valence-corrected chi connectivity index (χ0v) is 15.5. The Hall–Kier alpha value is -2.83. The fraction of sp³-hybridized carbons (Fsp3) is 0. The molecule has 0 aliphatic carbocycles. The van der Waals surface area contributed by atoms with Crippen LogP contribution in [0.2, 0.25) is 5.02 Å². The molecule has 3 rings (SSSR count). The van der Waals surface area contributed by atoms with Crippen LogP contribution >= 0.6 is 23.4 Å². The minimum Gasteiger partial charge on any atom is -0.318 e. The summed E-state index contributed by atoms with van der Waals surface area (Å²) in [4.78, 5) is 26.2. The van der Waals surface area contributed by atoms with Crippen molar-refractivity contribution in [3.05, 3.63) is 83.6 Å². The Labute approximate surface area is 164 Å². The van der Waals surface area contributed by atoms with Crippen molar-refractivity contribution in [1.82, 2.24) is 0 Å². The highest BCUT2D eigenvalue weighted by molar-refractivity contribution is 7.99. The maximum Gasteiger partial charge on any atom is 0.314 e. The number of anilines is 2. The fourth-order valence-corrected chi connectivity index (χ4v) is 3.32. The Morgan fingerprint density at radius 1 is 0.852 bits per heavy atom. The van der Waals surface area contributed by atoms with Crippen LogP contribution in [0.5, 0.6) is 0 Å². The fourth-order valence-electron chi connectivity index (χ4n) is 2.22. The SMILES string of the molecule is O=C(Nc1ccc(F)c(Cl)c1)C(=O)Nc1ccccc1Sc1ccccc1. The predicted molar refractivity (Wildman–Crippen MR) is 106 cm³/mol. The molecule has 3 aromatic rings. The van der Waals surface area contributed by atoms with Crippen molar-refractivity contribution in [2.45, 2.75) is 9.79 Å². The van der Waals surface area contributed by atoms with Crippen molar-refractivity contribution in [3.8, 4) is 0 Å². The Bertz CT molecular complexity index is 983. The summed E-state index contributed by atoms with van der Waals surface area (Å²) < 4.78 is 13.2. The zero-order valence-electron chi connectivity index (χ0n) is 13.9. The summed E-state index contributed by atoms with van der Waals surface area (Å²) in [7, 11) is 0. The molecule has 0 unspecified atom stereocenters. The molecule has 2 amide bonds. The van der Waals surface area contributed by atoms with Crippen molar-refractivity contribution >= 4 is 46.6 Å². The van der Waals surface area contributed by atoms with E-state index < -0.39 is 17.6 Å². The maximum atomic E-state index is 13.2. The summed E-state index contributed by atoms with van der Waals surface area (Å²) in [5, 5.41) is 4.85. The number of rotatable bonds is 4. The molecular formula is C20H14ClFN2O2S. The second-order valence-electron chi connectivity index (χ2n) is 5.45. The van der Waals surface area contributed by atoms with Crippen molar-refractivity contribution in [3.63, 3.8) is 0 Å². The molecule has 0 saturated carbocycles. The third kappa shape index (κ3) is 5.09. The standard InChI is InChI=1S/C20H14ClFN2O2S/c21-15-12-13(10-11-16(15)22)23-19(25)20(26)24-17-8-4-5-9-18(17)27-14-6-2-1-3-7-14/h1-12H,(H,23,25)(H,24,26). The summed E-state index contributed by atoms with van der Waals surface area (Å²) in [5.74, 6) is -2.32. The second-order valence-corrected chi connectivity index (χ2v) is 6.97. The van der Waals surface area contributed by atoms with Crippen LogP contribution < -0.4 is 10.6 Å². The summed E-state index contributed by atoms with van der Waals surface area (Å²) >= 11 is 7.14. The van der Waals surface area contributed by atoms with Gasteiger partial charge in [-0.2, -0.15) is 0 Å². The molecule has 0 fully saturated rings. The lowest BCUT2D eigenvalue weighted by molar-refractivity contribution is -0.133. The molecule has 0 spiro atoms. The van der Waals surface area contributed by atoms with Gasteiger partial charge >= 0.3 is 11.8 Å². The first-order chi connectivity index (χ1) is 13.0. The van der Waals surface area contributed by atoms with Gasteiger partial charge in [-0.15, -0.1) is 0 Å². The minimum atomic E-state index is -0.878. The Balaban J connectivity index is 1.70. The first-order valence-electron chi connectivity index (χ1n) is 7.92. The average molecular weight is 401 g/mol. The highest BCUT2D eigenvalue weighted by Crippen LogP contribution is 2.33. The van der Waals surface area contributed by atoms with Gasteiger partial charge in [0.05, 0.1) is 10.7 Å². The number of carbonyl (C=O) groups is 2. The Kier molecular flexibility index (Phi) is 6.11. The van der Waals surface area contributed by atoms with E-state index in [2.05, 4.69) is 10.6 Å². The summed E-state index contributed by atoms with van der Waals surface area (Å²) in [6.45, 7) is 0. The van der Waals surface area contributed by atoms with E-state index in [-0.39, 0.29) is 10.7 Å². The third-order valence-corrected chi connectivity index (χ3v) is 4.86. The molecule has 2 N–H and O–H groups in total. The molecular weight excluding hydrogens is 387 g/mol. The normalized spacial score (nSPS) is 10.3. The van der Waals surface area contributed by atoms with E-state index in [4.69, 9.17) is 11.6 Å². The molecule has 0 bridgehead atoms. The molecule has 0 saturated heterocycles. The van der Waals surface area contributed by atoms with Gasteiger partial charge in [0.2, 0.25) is 0 Å². The van der Waals surface area contributed by atoms with E-state index in [1.807, 2.05) is 42.5 Å². The maximum absolute atomic E-state index is 13.2. The smallest absolute Gasteiger partial charge is 0.314 e. The van der Waals surface area contributed by atoms with Crippen molar-refractivity contribution in [2.75, 3.05) is 10.6 Å². The van der Waals surface area contributed by atoms with Gasteiger partial charge in [0, 0.05) is 15.5 Å². The van der Waals surface area contributed by atoms with E-state index in [1.54, 1.807) is 12.1 Å². The topological polar surface area (TPSA) is 58.2 Å². The molecule has 0 aromatic heterocycles. The number of benzene rings is 3. The van der Waals surface area contributed by atoms with E-state index in [0.29, 0.717) is 5.69 Å². The molecule has 0 aliphatic rings. The average Bonchev–Trinajstić information content (AvgIpc) is 2.67. The number of amides is 2. The number of carbonyl (C=O) groups excluding carboxylic acids is 2. The van der Waals surface area contributed by atoms with Crippen LogP contribution in [-0.4, -0.2) is 11.8 Å². The number of nitrogens with one attached hydrogen (secondary N) is 2. The summed E-state index contributed by atoms with van der Waals surface area (Å²) in [6.07, 6.45) is 0. The van der Waals surface area contributed by atoms with Gasteiger partial charge in [-0.25, -0.2) is 4.39 Å². The quantitative estimate of drug-likeness (QED) is 0.591. The van der Waals surface area contributed by atoms with Crippen LogP contribution in [0, 0.1) is 5.82 Å². The molecule has 0 radical (unpaired) electrons. The number of hydrogen-bond donors (Lipinski definition) is 2. The van der Waals surface area contributed by atoms with Gasteiger partial charge in [-0.3, -0.25) is 9.59 Å². The number of hydrogen-bond acceptors (Lipinski definition) is 3. The lowest BCUT2D eigenvalue weighted by atomic mass is 10.3. The van der Waals surface area contributed by atoms with Crippen LogP contribution in [-0.2, 0) is 9.59 Å². The Morgan fingerprint density at radius 3 is 2.26 bits per heavy atom. The molecule has 0 aliphatic heterocycles. The van der Waals surface area contributed by atoms with Crippen LogP contribution in [0.3, 0.4) is 0 Å². The van der Waals surface area contributed by atoms with E-state index in [0.717, 1.165) is 15.9 Å². The molecule has 3 aromatic carbocycles. The van der Waals surface area contributed by atoms with E-state index in [1.165, 1.54) is 23.9 Å². The Morgan fingerprint density at radius 2 is 1.52 bits per heavy atom. The van der Waals surface area contributed by atoms with Crippen LogP contribution in [0.1, 0.15) is 0 Å². The molecule has 0 heterocycles. The van der Waals surface area contributed by atoms with Crippen molar-refractivity contribution < 1.29 is 14.0 Å². The van der Waals surface area contributed by atoms with Crippen LogP contribution in [0.4, 0.5) is 15.8 Å². The van der Waals surface area contributed by atoms with Crippen LogP contribution in [0.25, 0.3) is 0 Å². The highest BCUT2D eigenvalue weighted by Gasteiger charge is 2.16. The number of para-hydroxylation sites is 1. The van der Waals surface area contributed by atoms with Gasteiger partial charge in [0.1, 0.15) is 5.82 Å². The van der Waals surface area contributed by atoms with Gasteiger partial charge < -0.3 is 10.6 Å². The molecule has 0 atom stereocenters. The van der Waals surface area contributed by atoms with Gasteiger partial charge in [0.25, 0.3) is 0 Å². The zero-order chi connectivity index (χ0) is 19.2. The van der Waals surface area contributed by atoms with Gasteiger partial charge in [0.15, 0.2) is 0 Å². The largest absolute Gasteiger partial charge is 0.318 e. The summed E-state index contributed by atoms with van der Waals surface area (Å²) in [5.41, 5.74) is 0.747. The second kappa shape index (κ2) is 8.70. The predicted octanol–water partition coefficient (Wildman–Crippen LogP) is 5.21.